The average Bonchev–Trinajstić information content (AvgIpc) is 2.61. The molecule has 0 aromatic rings. The molecule has 2 unspecified atom stereocenters. The molecule has 0 spiro atoms. The van der Waals surface area contributed by atoms with Crippen molar-refractivity contribution in [3.05, 3.63) is 0 Å². The Morgan fingerprint density at radius 2 is 2.25 bits per heavy atom. The molecule has 2 fully saturated rings. The fraction of sp³-hybridized carbons (Fsp3) is 0.900. The molecule has 0 amide bonds. The van der Waals surface area contributed by atoms with Crippen LogP contribution < -0.4 is 5.73 Å². The van der Waals surface area contributed by atoms with Crippen molar-refractivity contribution in [3.63, 3.8) is 0 Å². The van der Waals surface area contributed by atoms with Crippen molar-refractivity contribution in [1.29, 1.82) is 0 Å². The van der Waals surface area contributed by atoms with E-state index in [1.807, 2.05) is 4.90 Å². The van der Waals surface area contributed by atoms with Gasteiger partial charge in [-0.3, -0.25) is 4.90 Å². The lowest BCUT2D eigenvalue weighted by atomic mass is 9.79. The minimum absolute atomic E-state index is 0.00553. The number of hydrogen-bond donors (Lipinski definition) is 2. The summed E-state index contributed by atoms with van der Waals surface area (Å²) in [5.74, 6) is -2.94. The molecule has 1 aliphatic carbocycles. The van der Waals surface area contributed by atoms with Crippen LogP contribution in [0.2, 0.25) is 0 Å². The Balaban J connectivity index is 2.00. The van der Waals surface area contributed by atoms with E-state index in [-0.39, 0.29) is 24.7 Å². The first kappa shape index (κ1) is 11.6. The predicted octanol–water partition coefficient (Wildman–Crippen LogP) is 1.10. The summed E-state index contributed by atoms with van der Waals surface area (Å²) in [6.45, 7) is 1.27. The van der Waals surface area contributed by atoms with Gasteiger partial charge in [0.2, 0.25) is 0 Å². The van der Waals surface area contributed by atoms with Crippen molar-refractivity contribution in [1.82, 2.24) is 4.90 Å². The van der Waals surface area contributed by atoms with Gasteiger partial charge in [0.05, 0.1) is 6.54 Å². The van der Waals surface area contributed by atoms with Crippen molar-refractivity contribution in [2.45, 2.75) is 25.2 Å². The number of nitrogens with two attached hydrogens (primary N) is 1. The van der Waals surface area contributed by atoms with E-state index in [4.69, 9.17) is 10.9 Å². The fourth-order valence-electron chi connectivity index (χ4n) is 2.91. The van der Waals surface area contributed by atoms with Crippen LogP contribution in [0.15, 0.2) is 5.16 Å². The van der Waals surface area contributed by atoms with E-state index < -0.39 is 11.8 Å². The number of hydrogen-bond acceptors (Lipinski definition) is 3. The molecular weight excluding hydrogens is 216 g/mol. The lowest BCUT2D eigenvalue weighted by molar-refractivity contribution is -0.0944. The van der Waals surface area contributed by atoms with Crippen LogP contribution in [0.4, 0.5) is 8.78 Å². The molecule has 0 aromatic carbocycles. The fourth-order valence-corrected chi connectivity index (χ4v) is 2.91. The molecule has 4 nitrogen and oxygen atoms in total. The summed E-state index contributed by atoms with van der Waals surface area (Å²) in [5, 5.41) is 11.3. The van der Waals surface area contributed by atoms with E-state index in [1.54, 1.807) is 0 Å². The highest BCUT2D eigenvalue weighted by Crippen LogP contribution is 2.45. The van der Waals surface area contributed by atoms with Gasteiger partial charge >= 0.3 is 0 Å². The van der Waals surface area contributed by atoms with Crippen LogP contribution in [0.1, 0.15) is 19.3 Å². The quantitative estimate of drug-likeness (QED) is 0.325. The molecule has 3 N–H and O–H groups in total. The number of likely N-dealkylation sites (tertiary alicyclic amines) is 1. The largest absolute Gasteiger partial charge is 0.409 e. The van der Waals surface area contributed by atoms with E-state index in [1.165, 1.54) is 0 Å². The normalized spacial score (nSPS) is 35.0. The number of alkyl halides is 2. The van der Waals surface area contributed by atoms with Crippen LogP contribution in [0, 0.1) is 11.8 Å². The number of rotatable bonds is 2. The SMILES string of the molecule is N/C(CN1CC2CCCC(F)(F)C2C1)=N\O. The van der Waals surface area contributed by atoms with Crippen molar-refractivity contribution >= 4 is 5.84 Å². The van der Waals surface area contributed by atoms with Gasteiger partial charge in [-0.25, -0.2) is 8.78 Å². The zero-order valence-electron chi connectivity index (χ0n) is 9.07. The molecule has 6 heteroatoms. The Bertz CT molecular complexity index is 296. The molecule has 0 bridgehead atoms. The second-order valence-corrected chi connectivity index (χ2v) is 4.81. The predicted molar refractivity (Wildman–Crippen MR) is 55.6 cm³/mol. The first-order valence-electron chi connectivity index (χ1n) is 5.59. The maximum atomic E-state index is 13.6. The number of nitrogens with zero attached hydrogens (tertiary/aromatic N) is 2. The van der Waals surface area contributed by atoms with Crippen molar-refractivity contribution in [3.8, 4) is 0 Å². The highest BCUT2D eigenvalue weighted by Gasteiger charge is 2.50. The van der Waals surface area contributed by atoms with Gasteiger partial charge in [-0.05, 0) is 18.8 Å². The molecular formula is C10H17F2N3O. The van der Waals surface area contributed by atoms with Gasteiger partial charge in [0, 0.05) is 25.4 Å². The first-order chi connectivity index (χ1) is 7.53. The smallest absolute Gasteiger partial charge is 0.252 e. The van der Waals surface area contributed by atoms with Gasteiger partial charge in [-0.2, -0.15) is 0 Å². The second kappa shape index (κ2) is 4.16. The molecule has 1 saturated heterocycles. The molecule has 1 saturated carbocycles. The molecule has 2 aliphatic rings. The van der Waals surface area contributed by atoms with Crippen molar-refractivity contribution in [2.75, 3.05) is 19.6 Å². The summed E-state index contributed by atoms with van der Waals surface area (Å²) in [4.78, 5) is 1.85. The molecule has 0 aromatic heterocycles. The van der Waals surface area contributed by atoms with Gasteiger partial charge < -0.3 is 10.9 Å². The lowest BCUT2D eigenvalue weighted by Gasteiger charge is -2.32. The number of fused-ring (bicyclic) bond motifs is 1. The monoisotopic (exact) mass is 233 g/mol. The van der Waals surface area contributed by atoms with Crippen LogP contribution in [-0.2, 0) is 0 Å². The molecule has 2 atom stereocenters. The van der Waals surface area contributed by atoms with E-state index in [9.17, 15) is 8.78 Å². The third-order valence-corrected chi connectivity index (χ3v) is 3.66. The lowest BCUT2D eigenvalue weighted by Crippen LogP contribution is -2.38. The molecule has 0 radical (unpaired) electrons. The highest BCUT2D eigenvalue weighted by atomic mass is 19.3. The van der Waals surface area contributed by atoms with Crippen LogP contribution >= 0.6 is 0 Å². The highest BCUT2D eigenvalue weighted by molar-refractivity contribution is 5.81. The third-order valence-electron chi connectivity index (χ3n) is 3.66. The maximum absolute atomic E-state index is 13.6. The van der Waals surface area contributed by atoms with Crippen molar-refractivity contribution < 1.29 is 14.0 Å². The first-order valence-corrected chi connectivity index (χ1v) is 5.59. The molecule has 1 heterocycles. The Hall–Kier alpha value is -0.910. The summed E-state index contributed by atoms with van der Waals surface area (Å²) < 4.78 is 27.2. The van der Waals surface area contributed by atoms with E-state index >= 15 is 0 Å². The van der Waals surface area contributed by atoms with Gasteiger partial charge in [0.25, 0.3) is 5.92 Å². The Morgan fingerprint density at radius 3 is 2.88 bits per heavy atom. The van der Waals surface area contributed by atoms with Crippen LogP contribution in [0.5, 0.6) is 0 Å². The zero-order chi connectivity index (χ0) is 11.8. The summed E-state index contributed by atoms with van der Waals surface area (Å²) in [6, 6.07) is 0. The van der Waals surface area contributed by atoms with Gasteiger partial charge in [-0.1, -0.05) is 5.16 Å². The summed E-state index contributed by atoms with van der Waals surface area (Å²) in [5.41, 5.74) is 5.38. The van der Waals surface area contributed by atoms with Crippen LogP contribution in [0.25, 0.3) is 0 Å². The molecule has 16 heavy (non-hydrogen) atoms. The number of amidine groups is 1. The Kier molecular flexibility index (Phi) is 3.01. The van der Waals surface area contributed by atoms with E-state index in [2.05, 4.69) is 5.16 Å². The Labute approximate surface area is 93.1 Å². The summed E-state index contributed by atoms with van der Waals surface area (Å²) >= 11 is 0. The average molecular weight is 233 g/mol. The van der Waals surface area contributed by atoms with E-state index in [0.29, 0.717) is 19.5 Å². The second-order valence-electron chi connectivity index (χ2n) is 4.81. The Morgan fingerprint density at radius 1 is 1.50 bits per heavy atom. The molecule has 92 valence electrons. The van der Waals surface area contributed by atoms with Gasteiger partial charge in [-0.15, -0.1) is 0 Å². The number of halogens is 2. The third kappa shape index (κ3) is 2.11. The topological polar surface area (TPSA) is 61.8 Å². The molecule has 2 rings (SSSR count). The van der Waals surface area contributed by atoms with Crippen LogP contribution in [0.3, 0.4) is 0 Å². The van der Waals surface area contributed by atoms with Gasteiger partial charge in [0.1, 0.15) is 0 Å². The number of oxime groups is 1. The summed E-state index contributed by atoms with van der Waals surface area (Å²) in [6.07, 6.45) is 1.48. The minimum atomic E-state index is -2.54. The minimum Gasteiger partial charge on any atom is -0.409 e. The zero-order valence-corrected chi connectivity index (χ0v) is 9.07. The maximum Gasteiger partial charge on any atom is 0.252 e. The van der Waals surface area contributed by atoms with Gasteiger partial charge in [0.15, 0.2) is 5.84 Å². The standard InChI is InChI=1S/C10H17F2N3O/c11-10(12)3-1-2-7-4-15(5-8(7)10)6-9(13)14-16/h7-8,16H,1-6H2,(H2,13,14). The van der Waals surface area contributed by atoms with E-state index in [0.717, 1.165) is 6.42 Å². The van der Waals surface area contributed by atoms with Crippen LogP contribution in [-0.4, -0.2) is 41.5 Å². The summed E-state index contributed by atoms with van der Waals surface area (Å²) in [7, 11) is 0. The molecule has 1 aliphatic heterocycles. The van der Waals surface area contributed by atoms with Crippen molar-refractivity contribution in [2.24, 2.45) is 22.7 Å².